The van der Waals surface area contributed by atoms with Crippen LogP contribution in [0.25, 0.3) is 0 Å². The van der Waals surface area contributed by atoms with Crippen LogP contribution in [0, 0.1) is 11.8 Å². The molecule has 0 aliphatic rings. The molecular weight excluding hydrogens is 358 g/mol. The maximum Gasteiger partial charge on any atom is 0.328 e. The molecule has 0 aliphatic heterocycles. The fourth-order valence-electron chi connectivity index (χ4n) is 2.52. The van der Waals surface area contributed by atoms with E-state index >= 15 is 0 Å². The summed E-state index contributed by atoms with van der Waals surface area (Å²) >= 11 is 0. The summed E-state index contributed by atoms with van der Waals surface area (Å²) in [5.74, 6) is -6.18. The number of methoxy groups -OCH3 is 3. The molecule has 1 aromatic carbocycles. The maximum atomic E-state index is 12.4. The fraction of sp³-hybridized carbons (Fsp3) is 0.444. The Hall–Kier alpha value is -2.94. The van der Waals surface area contributed by atoms with Gasteiger partial charge >= 0.3 is 17.9 Å². The number of hydrogen-bond acceptors (Lipinski definition) is 8. The first-order valence-corrected chi connectivity index (χ1v) is 8.05. The number of aliphatic hydroxyl groups is 1. The number of benzene rings is 1. The van der Waals surface area contributed by atoms with Crippen LogP contribution in [-0.4, -0.2) is 56.3 Å². The second kappa shape index (κ2) is 10.3. The summed E-state index contributed by atoms with van der Waals surface area (Å²) < 4.78 is 13.8. The minimum Gasteiger partial charge on any atom is -0.468 e. The van der Waals surface area contributed by atoms with Crippen LogP contribution in [0.5, 0.6) is 0 Å². The van der Waals surface area contributed by atoms with Gasteiger partial charge in [0.05, 0.1) is 21.3 Å². The van der Waals surface area contributed by atoms with E-state index in [-0.39, 0.29) is 0 Å². The van der Waals surface area contributed by atoms with Gasteiger partial charge in [0.1, 0.15) is 6.04 Å². The Bertz CT molecular complexity index is 659. The monoisotopic (exact) mass is 381 g/mol. The van der Waals surface area contributed by atoms with Crippen LogP contribution >= 0.6 is 0 Å². The molecule has 0 saturated heterocycles. The average Bonchev–Trinajstić information content (AvgIpc) is 2.70. The van der Waals surface area contributed by atoms with Crippen molar-refractivity contribution in [3.8, 4) is 0 Å². The maximum absolute atomic E-state index is 12.4. The molecule has 3 atom stereocenters. The van der Waals surface area contributed by atoms with Gasteiger partial charge in [-0.05, 0) is 5.56 Å². The quantitative estimate of drug-likeness (QED) is 0.365. The molecule has 0 unspecified atom stereocenters. The highest BCUT2D eigenvalue weighted by Crippen LogP contribution is 2.21. The Balaban J connectivity index is 3.09. The van der Waals surface area contributed by atoms with Gasteiger partial charge in [-0.2, -0.15) is 0 Å². The van der Waals surface area contributed by atoms with Crippen LogP contribution in [0.2, 0.25) is 0 Å². The molecule has 0 spiro atoms. The topological polar surface area (TPSA) is 128 Å². The van der Waals surface area contributed by atoms with Gasteiger partial charge in [0.2, 0.25) is 0 Å². The number of ether oxygens (including phenoxy) is 3. The van der Waals surface area contributed by atoms with Gasteiger partial charge in [-0.15, -0.1) is 0 Å². The molecule has 0 bridgehead atoms. The standard InChI is InChI=1S/C18H23NO8/c1-10(12(16(22)25-2)17(23)26-3)13(18(24)27-4)19-15(21)14(20)11-8-6-5-7-9-11/h5-10,12-14,20H,1-4H3,(H,19,21)/t10-,13-,14+/m1/s1. The van der Waals surface area contributed by atoms with Gasteiger partial charge in [0, 0.05) is 5.92 Å². The third-order valence-corrected chi connectivity index (χ3v) is 4.08. The number of rotatable bonds is 8. The minimum absolute atomic E-state index is 0.309. The van der Waals surface area contributed by atoms with Crippen molar-refractivity contribution in [2.45, 2.75) is 19.1 Å². The van der Waals surface area contributed by atoms with Gasteiger partial charge in [0.25, 0.3) is 5.91 Å². The molecule has 0 saturated carbocycles. The zero-order valence-corrected chi connectivity index (χ0v) is 15.5. The summed E-state index contributed by atoms with van der Waals surface area (Å²) in [6, 6.07) is 6.65. The number of carbonyl (C=O) groups excluding carboxylic acids is 4. The second-order valence-electron chi connectivity index (χ2n) is 5.71. The first-order chi connectivity index (χ1) is 12.8. The van der Waals surface area contributed by atoms with E-state index in [2.05, 4.69) is 19.5 Å². The average molecular weight is 381 g/mol. The van der Waals surface area contributed by atoms with Crippen molar-refractivity contribution in [2.75, 3.05) is 21.3 Å². The van der Waals surface area contributed by atoms with Crippen molar-refractivity contribution in [2.24, 2.45) is 11.8 Å². The van der Waals surface area contributed by atoms with E-state index < -0.39 is 47.8 Å². The van der Waals surface area contributed by atoms with Crippen LogP contribution in [0.1, 0.15) is 18.6 Å². The van der Waals surface area contributed by atoms with Gasteiger partial charge < -0.3 is 24.6 Å². The summed E-state index contributed by atoms with van der Waals surface area (Å²) in [5, 5.41) is 12.5. The number of carbonyl (C=O) groups is 4. The highest BCUT2D eigenvalue weighted by Gasteiger charge is 2.43. The van der Waals surface area contributed by atoms with Gasteiger partial charge in [-0.25, -0.2) is 4.79 Å². The number of amides is 1. The number of aliphatic hydroxyl groups excluding tert-OH is 1. The number of esters is 3. The van der Waals surface area contributed by atoms with Crippen LogP contribution in [0.4, 0.5) is 0 Å². The lowest BCUT2D eigenvalue weighted by Crippen LogP contribution is -2.52. The molecule has 9 heteroatoms. The third-order valence-electron chi connectivity index (χ3n) is 4.08. The van der Waals surface area contributed by atoms with Crippen LogP contribution in [0.3, 0.4) is 0 Å². The molecule has 2 N–H and O–H groups in total. The predicted molar refractivity (Wildman–Crippen MR) is 92.0 cm³/mol. The number of hydrogen-bond donors (Lipinski definition) is 2. The Morgan fingerprint density at radius 1 is 0.889 bits per heavy atom. The summed E-state index contributed by atoms with van der Waals surface area (Å²) in [6.45, 7) is 1.38. The largest absolute Gasteiger partial charge is 0.468 e. The molecule has 0 radical (unpaired) electrons. The van der Waals surface area contributed by atoms with Crippen LogP contribution in [-0.2, 0) is 33.4 Å². The fourth-order valence-corrected chi connectivity index (χ4v) is 2.52. The van der Waals surface area contributed by atoms with E-state index in [1.165, 1.54) is 19.1 Å². The summed E-state index contributed by atoms with van der Waals surface area (Å²) in [6.07, 6.45) is -1.56. The smallest absolute Gasteiger partial charge is 0.328 e. The lowest BCUT2D eigenvalue weighted by molar-refractivity contribution is -0.163. The molecule has 27 heavy (non-hydrogen) atoms. The van der Waals surface area contributed by atoms with E-state index in [1.807, 2.05) is 0 Å². The van der Waals surface area contributed by atoms with Crippen molar-refractivity contribution >= 4 is 23.8 Å². The molecule has 1 aromatic rings. The SMILES string of the molecule is COC(=O)C(C(=O)OC)[C@@H](C)[C@@H](NC(=O)[C@@H](O)c1ccccc1)C(=O)OC. The molecule has 0 aromatic heterocycles. The molecule has 148 valence electrons. The molecule has 0 aliphatic carbocycles. The highest BCUT2D eigenvalue weighted by molar-refractivity contribution is 5.96. The minimum atomic E-state index is -1.56. The molecule has 1 amide bonds. The van der Waals surface area contributed by atoms with Crippen molar-refractivity contribution in [1.29, 1.82) is 0 Å². The Labute approximate surface area is 156 Å². The van der Waals surface area contributed by atoms with Crippen molar-refractivity contribution in [1.82, 2.24) is 5.32 Å². The van der Waals surface area contributed by atoms with Gasteiger partial charge in [-0.3, -0.25) is 14.4 Å². The van der Waals surface area contributed by atoms with E-state index in [0.29, 0.717) is 5.56 Å². The zero-order chi connectivity index (χ0) is 20.6. The van der Waals surface area contributed by atoms with Crippen molar-refractivity contribution in [3.63, 3.8) is 0 Å². The van der Waals surface area contributed by atoms with Crippen molar-refractivity contribution < 1.29 is 38.5 Å². The second-order valence-corrected chi connectivity index (χ2v) is 5.71. The Kier molecular flexibility index (Phi) is 8.40. The summed E-state index contributed by atoms with van der Waals surface area (Å²) in [4.78, 5) is 48.5. The van der Waals surface area contributed by atoms with Crippen molar-refractivity contribution in [3.05, 3.63) is 35.9 Å². The molecule has 0 heterocycles. The first-order valence-electron chi connectivity index (χ1n) is 8.05. The van der Waals surface area contributed by atoms with E-state index in [1.54, 1.807) is 18.2 Å². The Morgan fingerprint density at radius 3 is 1.81 bits per heavy atom. The third kappa shape index (κ3) is 5.52. The molecule has 0 fully saturated rings. The molecule has 1 rings (SSSR count). The first kappa shape index (κ1) is 22.1. The van der Waals surface area contributed by atoms with E-state index in [0.717, 1.165) is 21.3 Å². The zero-order valence-electron chi connectivity index (χ0n) is 15.5. The molecular formula is C18H23NO8. The highest BCUT2D eigenvalue weighted by atomic mass is 16.5. The van der Waals surface area contributed by atoms with Gasteiger partial charge in [0.15, 0.2) is 12.0 Å². The van der Waals surface area contributed by atoms with Gasteiger partial charge in [-0.1, -0.05) is 37.3 Å². The lowest BCUT2D eigenvalue weighted by Gasteiger charge is -2.27. The van der Waals surface area contributed by atoms with Crippen LogP contribution < -0.4 is 5.32 Å². The predicted octanol–water partition coefficient (Wildman–Crippen LogP) is -0.0239. The normalized spacial score (nSPS) is 13.9. The molecule has 9 nitrogen and oxygen atoms in total. The summed E-state index contributed by atoms with van der Waals surface area (Å²) in [5.41, 5.74) is 0.309. The Morgan fingerprint density at radius 2 is 1.37 bits per heavy atom. The summed E-state index contributed by atoms with van der Waals surface area (Å²) in [7, 11) is 3.25. The lowest BCUT2D eigenvalue weighted by atomic mass is 9.87. The van der Waals surface area contributed by atoms with E-state index in [4.69, 9.17) is 0 Å². The number of nitrogens with one attached hydrogen (secondary N) is 1. The van der Waals surface area contributed by atoms with E-state index in [9.17, 15) is 24.3 Å². The van der Waals surface area contributed by atoms with Crippen LogP contribution in [0.15, 0.2) is 30.3 Å².